The van der Waals surface area contributed by atoms with Crippen LogP contribution in [-0.2, 0) is 4.79 Å². The molecule has 2 aromatic carbocycles. The number of nitrogens with zero attached hydrogens (tertiary/aromatic N) is 4. The van der Waals surface area contributed by atoms with Crippen LogP contribution in [-0.4, -0.2) is 52.4 Å². The number of benzene rings is 2. The fraction of sp³-hybridized carbons (Fsp3) is 0.259. The van der Waals surface area contributed by atoms with Crippen LogP contribution in [0.25, 0.3) is 0 Å². The molecule has 9 heteroatoms. The van der Waals surface area contributed by atoms with E-state index in [0.29, 0.717) is 43.0 Å². The van der Waals surface area contributed by atoms with Crippen molar-refractivity contribution in [2.24, 2.45) is 11.7 Å². The molecule has 3 saturated heterocycles. The average Bonchev–Trinajstić information content (AvgIpc) is 3.22. The Kier molecular flexibility index (Phi) is 6.53. The summed E-state index contributed by atoms with van der Waals surface area (Å²) < 4.78 is 11.8. The number of para-hydroxylation sites is 1. The summed E-state index contributed by atoms with van der Waals surface area (Å²) >= 11 is 0. The number of fused-ring (bicyclic) bond motifs is 4. The SMILES string of the molecule is C=CC(=O)N1CC2CCC(C1)N(c1ncc(C(N)=O)c(Oc3ccc(Oc4ccccc4)cc3)n1)C2. The molecule has 0 saturated carbocycles. The highest BCUT2D eigenvalue weighted by Crippen LogP contribution is 2.33. The molecule has 0 spiro atoms. The number of amides is 2. The molecular formula is C27H27N5O4. The van der Waals surface area contributed by atoms with Gasteiger partial charge in [-0.2, -0.15) is 4.98 Å². The molecule has 2 N–H and O–H groups in total. The molecule has 6 rings (SSSR count). The lowest BCUT2D eigenvalue weighted by atomic mass is 9.95. The maximum absolute atomic E-state index is 12.3. The number of rotatable bonds is 7. The van der Waals surface area contributed by atoms with Gasteiger partial charge in [0, 0.05) is 31.9 Å². The third kappa shape index (κ3) is 5.00. The first-order valence-corrected chi connectivity index (χ1v) is 11.9. The van der Waals surface area contributed by atoms with Gasteiger partial charge in [0.25, 0.3) is 5.91 Å². The van der Waals surface area contributed by atoms with Crippen LogP contribution in [0.1, 0.15) is 23.2 Å². The highest BCUT2D eigenvalue weighted by molar-refractivity contribution is 5.95. The van der Waals surface area contributed by atoms with Crippen LogP contribution in [0, 0.1) is 5.92 Å². The van der Waals surface area contributed by atoms with Crippen molar-refractivity contribution >= 4 is 17.8 Å². The van der Waals surface area contributed by atoms with Crippen molar-refractivity contribution in [2.75, 3.05) is 24.5 Å². The van der Waals surface area contributed by atoms with E-state index >= 15 is 0 Å². The number of primary amides is 1. The largest absolute Gasteiger partial charge is 0.457 e. The van der Waals surface area contributed by atoms with Crippen molar-refractivity contribution in [3.8, 4) is 23.1 Å². The van der Waals surface area contributed by atoms with Crippen molar-refractivity contribution in [1.29, 1.82) is 0 Å². The summed E-state index contributed by atoms with van der Waals surface area (Å²) in [6.45, 7) is 5.58. The van der Waals surface area contributed by atoms with Gasteiger partial charge in [0.05, 0.1) is 0 Å². The standard InChI is InChI=1S/C27H27N5O4/c1-2-24(33)31-15-18-8-9-19(17-31)32(16-18)27-29-14-23(25(28)34)26(30-27)36-22-12-10-21(11-13-22)35-20-6-4-3-5-7-20/h2-7,10-14,18-19H,1,8-9,15-17H2,(H2,28,34). The third-order valence-corrected chi connectivity index (χ3v) is 6.48. The summed E-state index contributed by atoms with van der Waals surface area (Å²) in [5, 5.41) is 0. The lowest BCUT2D eigenvalue weighted by Gasteiger charge is -2.36. The number of anilines is 1. The van der Waals surface area contributed by atoms with Gasteiger partial charge in [0.1, 0.15) is 22.8 Å². The number of ether oxygens (including phenoxy) is 2. The Labute approximate surface area is 209 Å². The second kappa shape index (κ2) is 10.1. The Hall–Kier alpha value is -4.40. The van der Waals surface area contributed by atoms with Crippen LogP contribution in [0.5, 0.6) is 23.1 Å². The Morgan fingerprint density at radius 2 is 1.64 bits per heavy atom. The molecule has 3 aliphatic rings. The summed E-state index contributed by atoms with van der Waals surface area (Å²) in [7, 11) is 0. The van der Waals surface area contributed by atoms with Gasteiger partial charge in [-0.3, -0.25) is 9.59 Å². The predicted octanol–water partition coefficient (Wildman–Crippen LogP) is 3.77. The molecule has 4 heterocycles. The van der Waals surface area contributed by atoms with Crippen molar-refractivity contribution in [3.05, 3.63) is 79.0 Å². The molecule has 0 aliphatic carbocycles. The average molecular weight is 486 g/mol. The molecule has 2 unspecified atom stereocenters. The number of carbonyl (C=O) groups excluding carboxylic acids is 2. The van der Waals surface area contributed by atoms with Gasteiger partial charge in [-0.25, -0.2) is 4.98 Å². The third-order valence-electron chi connectivity index (χ3n) is 6.48. The van der Waals surface area contributed by atoms with Crippen LogP contribution >= 0.6 is 0 Å². The highest BCUT2D eigenvalue weighted by Gasteiger charge is 2.37. The quantitative estimate of drug-likeness (QED) is 0.507. The van der Waals surface area contributed by atoms with E-state index in [9.17, 15) is 9.59 Å². The fourth-order valence-corrected chi connectivity index (χ4v) is 4.69. The first-order valence-electron chi connectivity index (χ1n) is 11.9. The molecule has 0 radical (unpaired) electrons. The molecule has 184 valence electrons. The second-order valence-corrected chi connectivity index (χ2v) is 8.94. The Balaban J connectivity index is 1.37. The van der Waals surface area contributed by atoms with E-state index in [4.69, 9.17) is 15.2 Å². The molecule has 9 nitrogen and oxygen atoms in total. The van der Waals surface area contributed by atoms with Crippen molar-refractivity contribution in [1.82, 2.24) is 14.9 Å². The van der Waals surface area contributed by atoms with E-state index in [1.165, 1.54) is 12.3 Å². The molecule has 36 heavy (non-hydrogen) atoms. The molecule has 3 aromatic rings. The van der Waals surface area contributed by atoms with E-state index < -0.39 is 5.91 Å². The minimum absolute atomic E-state index is 0.0642. The fourth-order valence-electron chi connectivity index (χ4n) is 4.69. The van der Waals surface area contributed by atoms with Gasteiger partial charge in [-0.05, 0) is 61.2 Å². The first-order chi connectivity index (χ1) is 17.5. The van der Waals surface area contributed by atoms with Gasteiger partial charge in [-0.1, -0.05) is 24.8 Å². The lowest BCUT2D eigenvalue weighted by molar-refractivity contribution is -0.126. The zero-order valence-corrected chi connectivity index (χ0v) is 19.7. The minimum Gasteiger partial charge on any atom is -0.457 e. The van der Waals surface area contributed by atoms with Gasteiger partial charge in [0.15, 0.2) is 0 Å². The maximum Gasteiger partial charge on any atom is 0.255 e. The number of nitrogens with two attached hydrogens (primary N) is 1. The van der Waals surface area contributed by atoms with Crippen LogP contribution in [0.3, 0.4) is 0 Å². The summed E-state index contributed by atoms with van der Waals surface area (Å²) in [5.74, 6) is 1.93. The summed E-state index contributed by atoms with van der Waals surface area (Å²) in [6, 6.07) is 16.5. The van der Waals surface area contributed by atoms with Crippen molar-refractivity contribution in [2.45, 2.75) is 18.9 Å². The molecular weight excluding hydrogens is 458 g/mol. The summed E-state index contributed by atoms with van der Waals surface area (Å²) in [4.78, 5) is 37.3. The van der Waals surface area contributed by atoms with Crippen molar-refractivity contribution in [3.63, 3.8) is 0 Å². The number of hydrogen-bond donors (Lipinski definition) is 1. The topological polar surface area (TPSA) is 111 Å². The smallest absolute Gasteiger partial charge is 0.255 e. The first kappa shape index (κ1) is 23.3. The van der Waals surface area contributed by atoms with Gasteiger partial charge < -0.3 is 25.0 Å². The summed E-state index contributed by atoms with van der Waals surface area (Å²) in [6.07, 6.45) is 4.71. The molecule has 1 aromatic heterocycles. The van der Waals surface area contributed by atoms with Crippen LogP contribution in [0.2, 0.25) is 0 Å². The van der Waals surface area contributed by atoms with E-state index in [-0.39, 0.29) is 23.4 Å². The van der Waals surface area contributed by atoms with Crippen LogP contribution in [0.4, 0.5) is 5.95 Å². The Morgan fingerprint density at radius 3 is 2.33 bits per heavy atom. The molecule has 2 amide bonds. The molecule has 3 aliphatic heterocycles. The number of hydrogen-bond acceptors (Lipinski definition) is 7. The number of carbonyl (C=O) groups is 2. The zero-order chi connectivity index (χ0) is 25.1. The second-order valence-electron chi connectivity index (χ2n) is 8.94. The van der Waals surface area contributed by atoms with Gasteiger partial charge in [0.2, 0.25) is 17.7 Å². The maximum atomic E-state index is 12.3. The van der Waals surface area contributed by atoms with Crippen molar-refractivity contribution < 1.29 is 19.1 Å². The molecule has 2 bridgehead atoms. The van der Waals surface area contributed by atoms with E-state index in [2.05, 4.69) is 21.4 Å². The predicted molar refractivity (Wildman–Crippen MR) is 134 cm³/mol. The zero-order valence-electron chi connectivity index (χ0n) is 19.7. The monoisotopic (exact) mass is 485 g/mol. The minimum atomic E-state index is -0.680. The van der Waals surface area contributed by atoms with Gasteiger partial charge >= 0.3 is 0 Å². The number of aromatic nitrogens is 2. The van der Waals surface area contributed by atoms with E-state index in [1.54, 1.807) is 24.3 Å². The van der Waals surface area contributed by atoms with Crippen LogP contribution in [0.15, 0.2) is 73.4 Å². The normalized spacial score (nSPS) is 18.9. The molecule has 2 atom stereocenters. The lowest BCUT2D eigenvalue weighted by Crippen LogP contribution is -2.45. The summed E-state index contributed by atoms with van der Waals surface area (Å²) in [5.41, 5.74) is 5.66. The highest BCUT2D eigenvalue weighted by atomic mass is 16.5. The molecule has 3 fully saturated rings. The Morgan fingerprint density at radius 1 is 0.944 bits per heavy atom. The van der Waals surface area contributed by atoms with E-state index in [0.717, 1.165) is 18.6 Å². The van der Waals surface area contributed by atoms with E-state index in [1.807, 2.05) is 35.2 Å². The Bertz CT molecular complexity index is 1260. The van der Waals surface area contributed by atoms with Crippen LogP contribution < -0.4 is 20.1 Å². The van der Waals surface area contributed by atoms with Gasteiger partial charge in [-0.15, -0.1) is 0 Å². The number of piperidine rings is 1.